The van der Waals surface area contributed by atoms with Gasteiger partial charge in [-0.2, -0.15) is 0 Å². The Kier molecular flexibility index (Phi) is 5.71. The van der Waals surface area contributed by atoms with Crippen molar-refractivity contribution in [2.45, 2.75) is 33.3 Å². The van der Waals surface area contributed by atoms with Gasteiger partial charge in [0.1, 0.15) is 0 Å². The summed E-state index contributed by atoms with van der Waals surface area (Å²) in [5.41, 5.74) is 0.722. The van der Waals surface area contributed by atoms with Crippen molar-refractivity contribution in [2.24, 2.45) is 0 Å². The maximum Gasteiger partial charge on any atom is 0.293 e. The Balaban J connectivity index is 2.39. The molecule has 0 saturated carbocycles. The molecule has 0 atom stereocenters. The molecule has 1 aromatic carbocycles. The molecule has 0 N–H and O–H groups in total. The van der Waals surface area contributed by atoms with E-state index < -0.39 is 0 Å². The first-order chi connectivity index (χ1) is 11.0. The van der Waals surface area contributed by atoms with E-state index in [-0.39, 0.29) is 17.3 Å². The first-order valence-electron chi connectivity index (χ1n) is 7.57. The van der Waals surface area contributed by atoms with Gasteiger partial charge in [0.2, 0.25) is 0 Å². The Labute approximate surface area is 140 Å². The molecule has 0 bridgehead atoms. The molecule has 1 heterocycles. The Hall–Kier alpha value is -1.95. The highest BCUT2D eigenvalue weighted by Crippen LogP contribution is 2.37. The van der Waals surface area contributed by atoms with Crippen molar-refractivity contribution >= 4 is 29.0 Å². The van der Waals surface area contributed by atoms with E-state index in [1.807, 2.05) is 32.9 Å². The van der Waals surface area contributed by atoms with Crippen molar-refractivity contribution in [1.82, 2.24) is 4.90 Å². The fourth-order valence-electron chi connectivity index (χ4n) is 2.23. The molecule has 124 valence electrons. The lowest BCUT2D eigenvalue weighted by atomic mass is 10.1. The first-order valence-corrected chi connectivity index (χ1v) is 8.38. The van der Waals surface area contributed by atoms with Gasteiger partial charge in [-0.05, 0) is 44.2 Å². The lowest BCUT2D eigenvalue weighted by Crippen LogP contribution is -2.28. The number of carbonyl (C=O) groups is 2. The summed E-state index contributed by atoms with van der Waals surface area (Å²) < 4.78 is 11.2. The van der Waals surface area contributed by atoms with Crippen LogP contribution < -0.4 is 9.47 Å². The molecular formula is C17H21NO4S. The smallest absolute Gasteiger partial charge is 0.293 e. The summed E-state index contributed by atoms with van der Waals surface area (Å²) in [6.07, 6.45) is 2.40. The fraction of sp³-hybridized carbons (Fsp3) is 0.412. The number of rotatable bonds is 6. The predicted molar refractivity (Wildman–Crippen MR) is 91.7 cm³/mol. The van der Waals surface area contributed by atoms with E-state index in [9.17, 15) is 9.59 Å². The van der Waals surface area contributed by atoms with E-state index in [0.29, 0.717) is 22.9 Å². The molecule has 0 spiro atoms. The molecule has 0 aliphatic carbocycles. The van der Waals surface area contributed by atoms with Gasteiger partial charge in [-0.3, -0.25) is 14.5 Å². The maximum absolute atomic E-state index is 12.3. The van der Waals surface area contributed by atoms with Gasteiger partial charge < -0.3 is 9.47 Å². The normalized spacial score (nSPS) is 16.6. The van der Waals surface area contributed by atoms with Crippen LogP contribution in [0.4, 0.5) is 4.79 Å². The molecule has 1 aromatic rings. The first kappa shape index (κ1) is 17.4. The molecule has 2 amide bonds. The molecule has 2 rings (SSSR count). The molecule has 1 aliphatic rings. The highest BCUT2D eigenvalue weighted by Gasteiger charge is 2.34. The number of carbonyl (C=O) groups excluding carboxylic acids is 2. The van der Waals surface area contributed by atoms with Crippen LogP contribution in [0, 0.1) is 0 Å². The lowest BCUT2D eigenvalue weighted by Gasteiger charge is -2.16. The van der Waals surface area contributed by atoms with Gasteiger partial charge in [0.25, 0.3) is 11.1 Å². The number of nitrogens with zero attached hydrogens (tertiary/aromatic N) is 1. The standard InChI is InChI=1S/C17H21NO4S/c1-5-9-18-16(19)14(23-17(18)20)10-12-7-6-8-13(21-4)15(12)22-11(2)3/h6-8,10-11H,5,9H2,1-4H3/b14-10-. The van der Waals surface area contributed by atoms with Crippen LogP contribution in [0.25, 0.3) is 6.08 Å². The number of hydrogen-bond donors (Lipinski definition) is 0. The zero-order valence-corrected chi connectivity index (χ0v) is 14.6. The van der Waals surface area contributed by atoms with Gasteiger partial charge in [0, 0.05) is 12.1 Å². The molecule has 1 saturated heterocycles. The van der Waals surface area contributed by atoms with Gasteiger partial charge in [-0.25, -0.2) is 0 Å². The van der Waals surface area contributed by atoms with Crippen molar-refractivity contribution in [3.8, 4) is 11.5 Å². The van der Waals surface area contributed by atoms with E-state index in [1.54, 1.807) is 19.3 Å². The lowest BCUT2D eigenvalue weighted by molar-refractivity contribution is -0.122. The Morgan fingerprint density at radius 1 is 1.30 bits per heavy atom. The average Bonchev–Trinajstić information content (AvgIpc) is 2.76. The van der Waals surface area contributed by atoms with Gasteiger partial charge in [0.05, 0.1) is 18.1 Å². The number of para-hydroxylation sites is 1. The summed E-state index contributed by atoms with van der Waals surface area (Å²) in [4.78, 5) is 26.0. The number of thioether (sulfide) groups is 1. The summed E-state index contributed by atoms with van der Waals surface area (Å²) in [5.74, 6) is 0.924. The number of ether oxygens (including phenoxy) is 2. The minimum atomic E-state index is -0.250. The molecule has 1 aliphatic heterocycles. The average molecular weight is 335 g/mol. The Morgan fingerprint density at radius 3 is 2.65 bits per heavy atom. The van der Waals surface area contributed by atoms with E-state index in [4.69, 9.17) is 9.47 Å². The summed E-state index contributed by atoms with van der Waals surface area (Å²) >= 11 is 0.960. The monoisotopic (exact) mass is 335 g/mol. The van der Waals surface area contributed by atoms with Crippen LogP contribution in [-0.2, 0) is 4.79 Å². The van der Waals surface area contributed by atoms with E-state index in [2.05, 4.69) is 0 Å². The number of hydrogen-bond acceptors (Lipinski definition) is 5. The van der Waals surface area contributed by atoms with Crippen molar-refractivity contribution < 1.29 is 19.1 Å². The van der Waals surface area contributed by atoms with Crippen LogP contribution in [0.1, 0.15) is 32.8 Å². The second-order valence-electron chi connectivity index (χ2n) is 5.38. The second kappa shape index (κ2) is 7.55. The van der Waals surface area contributed by atoms with Crippen LogP contribution >= 0.6 is 11.8 Å². The third kappa shape index (κ3) is 3.88. The zero-order chi connectivity index (χ0) is 17.0. The number of benzene rings is 1. The van der Waals surface area contributed by atoms with Crippen LogP contribution in [0.15, 0.2) is 23.1 Å². The molecule has 1 fully saturated rings. The van der Waals surface area contributed by atoms with Crippen molar-refractivity contribution in [3.63, 3.8) is 0 Å². The SMILES string of the molecule is CCCN1C(=O)S/C(=C\c2cccc(OC)c2OC(C)C)C1=O. The van der Waals surface area contributed by atoms with Crippen molar-refractivity contribution in [3.05, 3.63) is 28.7 Å². The van der Waals surface area contributed by atoms with Crippen LogP contribution in [0.2, 0.25) is 0 Å². The minimum absolute atomic E-state index is 0.0337. The quantitative estimate of drug-likeness (QED) is 0.737. The molecule has 5 nitrogen and oxygen atoms in total. The number of methoxy groups -OCH3 is 1. The molecule has 0 aromatic heterocycles. The number of amides is 2. The molecule has 6 heteroatoms. The van der Waals surface area contributed by atoms with Gasteiger partial charge >= 0.3 is 0 Å². The summed E-state index contributed by atoms with van der Waals surface area (Å²) in [7, 11) is 1.57. The second-order valence-corrected chi connectivity index (χ2v) is 6.37. The minimum Gasteiger partial charge on any atom is -0.493 e. The van der Waals surface area contributed by atoms with Crippen LogP contribution in [0.5, 0.6) is 11.5 Å². The van der Waals surface area contributed by atoms with Crippen LogP contribution in [0.3, 0.4) is 0 Å². The van der Waals surface area contributed by atoms with Gasteiger partial charge in [-0.15, -0.1) is 0 Å². The molecule has 0 unspecified atom stereocenters. The van der Waals surface area contributed by atoms with Crippen LogP contribution in [-0.4, -0.2) is 35.8 Å². The highest BCUT2D eigenvalue weighted by molar-refractivity contribution is 8.18. The third-order valence-corrected chi connectivity index (χ3v) is 4.10. The summed E-state index contributed by atoms with van der Waals surface area (Å²) in [6, 6.07) is 5.47. The zero-order valence-electron chi connectivity index (χ0n) is 13.8. The number of imide groups is 1. The van der Waals surface area contributed by atoms with Gasteiger partial charge in [0.15, 0.2) is 11.5 Å². The maximum atomic E-state index is 12.3. The van der Waals surface area contributed by atoms with Crippen molar-refractivity contribution in [2.75, 3.05) is 13.7 Å². The van der Waals surface area contributed by atoms with E-state index in [0.717, 1.165) is 23.7 Å². The fourth-order valence-corrected chi connectivity index (χ4v) is 3.08. The largest absolute Gasteiger partial charge is 0.493 e. The van der Waals surface area contributed by atoms with Gasteiger partial charge in [-0.1, -0.05) is 19.1 Å². The topological polar surface area (TPSA) is 55.8 Å². The summed E-state index contributed by atoms with van der Waals surface area (Å²) in [5, 5.41) is -0.225. The Morgan fingerprint density at radius 2 is 2.04 bits per heavy atom. The molecule has 23 heavy (non-hydrogen) atoms. The van der Waals surface area contributed by atoms with E-state index >= 15 is 0 Å². The molecule has 0 radical (unpaired) electrons. The third-order valence-electron chi connectivity index (χ3n) is 3.19. The summed E-state index contributed by atoms with van der Waals surface area (Å²) in [6.45, 7) is 6.22. The molecular weight excluding hydrogens is 314 g/mol. The van der Waals surface area contributed by atoms with Crippen molar-refractivity contribution in [1.29, 1.82) is 0 Å². The Bertz CT molecular complexity index is 639. The van der Waals surface area contributed by atoms with E-state index in [1.165, 1.54) is 4.90 Å². The predicted octanol–water partition coefficient (Wildman–Crippen LogP) is 3.93. The highest BCUT2D eigenvalue weighted by atomic mass is 32.2.